The monoisotopic (exact) mass is 353 g/mol. The van der Waals surface area contributed by atoms with Crippen LogP contribution in [0.15, 0.2) is 53.1 Å². The molecule has 1 aromatic heterocycles. The van der Waals surface area contributed by atoms with E-state index in [1.807, 2.05) is 31.2 Å². The largest absolute Gasteiger partial charge is 0.458 e. The van der Waals surface area contributed by atoms with Crippen LogP contribution in [-0.2, 0) is 0 Å². The van der Waals surface area contributed by atoms with Gasteiger partial charge in [-0.1, -0.05) is 0 Å². The number of hydrogen-bond donors (Lipinski definition) is 1. The van der Waals surface area contributed by atoms with Crippen LogP contribution >= 0.6 is 22.6 Å². The van der Waals surface area contributed by atoms with Gasteiger partial charge in [0.15, 0.2) is 5.76 Å². The highest BCUT2D eigenvalue weighted by atomic mass is 127. The fourth-order valence-electron chi connectivity index (χ4n) is 1.41. The fraction of sp³-hybridized carbons (Fsp3) is 0.0714. The molecule has 0 aliphatic carbocycles. The zero-order chi connectivity index (χ0) is 13.0. The summed E-state index contributed by atoms with van der Waals surface area (Å²) in [6.07, 6.45) is 3.07. The molecule has 1 N–H and O–H groups in total. The van der Waals surface area contributed by atoms with Gasteiger partial charge in [0.1, 0.15) is 5.76 Å². The quantitative estimate of drug-likeness (QED) is 0.513. The molecule has 18 heavy (non-hydrogen) atoms. The molecule has 0 bridgehead atoms. The van der Waals surface area contributed by atoms with E-state index < -0.39 is 0 Å². The van der Waals surface area contributed by atoms with Gasteiger partial charge in [-0.05, 0) is 65.9 Å². The Kier molecular flexibility index (Phi) is 4.19. The highest BCUT2D eigenvalue weighted by Crippen LogP contribution is 2.11. The number of ketones is 1. The van der Waals surface area contributed by atoms with Crippen LogP contribution in [0.25, 0.3) is 0 Å². The zero-order valence-electron chi connectivity index (χ0n) is 9.81. The number of anilines is 1. The van der Waals surface area contributed by atoms with Gasteiger partial charge in [0, 0.05) is 21.5 Å². The van der Waals surface area contributed by atoms with Crippen molar-refractivity contribution >= 4 is 34.1 Å². The first-order valence-electron chi connectivity index (χ1n) is 5.44. The summed E-state index contributed by atoms with van der Waals surface area (Å²) < 4.78 is 6.40. The van der Waals surface area contributed by atoms with E-state index in [1.165, 1.54) is 9.65 Å². The van der Waals surface area contributed by atoms with Crippen molar-refractivity contribution in [3.63, 3.8) is 0 Å². The average Bonchev–Trinajstić information content (AvgIpc) is 2.78. The number of halogens is 1. The average molecular weight is 353 g/mol. The Morgan fingerprint density at radius 1 is 1.22 bits per heavy atom. The number of allylic oxidation sites excluding steroid dienone is 1. The summed E-state index contributed by atoms with van der Waals surface area (Å²) in [7, 11) is 0. The molecule has 0 atom stereocenters. The van der Waals surface area contributed by atoms with Crippen LogP contribution in [0.3, 0.4) is 0 Å². The lowest BCUT2D eigenvalue weighted by molar-refractivity contribution is 0.102. The van der Waals surface area contributed by atoms with Crippen molar-refractivity contribution in [1.82, 2.24) is 0 Å². The smallest absolute Gasteiger partial charge is 0.222 e. The first kappa shape index (κ1) is 12.9. The second kappa shape index (κ2) is 5.86. The Hall–Kier alpha value is -1.56. The van der Waals surface area contributed by atoms with Crippen molar-refractivity contribution in [3.8, 4) is 0 Å². The molecule has 2 aromatic rings. The zero-order valence-corrected chi connectivity index (χ0v) is 12.0. The van der Waals surface area contributed by atoms with Crippen LogP contribution in [0, 0.1) is 10.5 Å². The minimum atomic E-state index is -0.152. The van der Waals surface area contributed by atoms with Gasteiger partial charge in [-0.25, -0.2) is 0 Å². The van der Waals surface area contributed by atoms with E-state index in [1.54, 1.807) is 18.3 Å². The third-order valence-corrected chi connectivity index (χ3v) is 3.03. The van der Waals surface area contributed by atoms with Crippen molar-refractivity contribution in [1.29, 1.82) is 0 Å². The standard InChI is InChI=1S/C14H12INO2/c1-10-2-7-14(18-10)13(17)8-9-16-12-5-3-11(15)4-6-12/h2-9,16H,1H3/b9-8+. The first-order valence-corrected chi connectivity index (χ1v) is 6.52. The van der Waals surface area contributed by atoms with Gasteiger partial charge in [0.05, 0.1) is 0 Å². The summed E-state index contributed by atoms with van der Waals surface area (Å²) >= 11 is 2.24. The van der Waals surface area contributed by atoms with E-state index in [9.17, 15) is 4.79 Å². The Bertz CT molecular complexity index is 570. The van der Waals surface area contributed by atoms with Crippen molar-refractivity contribution in [2.24, 2.45) is 0 Å². The second-order valence-electron chi connectivity index (χ2n) is 3.76. The van der Waals surface area contributed by atoms with Gasteiger partial charge >= 0.3 is 0 Å². The summed E-state index contributed by atoms with van der Waals surface area (Å²) in [6, 6.07) is 11.3. The molecule has 0 amide bonds. The van der Waals surface area contributed by atoms with Crippen molar-refractivity contribution in [2.75, 3.05) is 5.32 Å². The van der Waals surface area contributed by atoms with Crippen LogP contribution in [0.5, 0.6) is 0 Å². The SMILES string of the molecule is Cc1ccc(C(=O)/C=C/Nc2ccc(I)cc2)o1. The maximum atomic E-state index is 11.7. The summed E-state index contributed by atoms with van der Waals surface area (Å²) in [5.74, 6) is 0.937. The molecule has 0 saturated heterocycles. The van der Waals surface area contributed by atoms with Gasteiger partial charge in [-0.15, -0.1) is 0 Å². The lowest BCUT2D eigenvalue weighted by atomic mass is 10.3. The molecule has 2 rings (SSSR count). The molecule has 0 fully saturated rings. The number of aryl methyl sites for hydroxylation is 1. The minimum absolute atomic E-state index is 0.152. The van der Waals surface area contributed by atoms with Gasteiger partial charge < -0.3 is 9.73 Å². The van der Waals surface area contributed by atoms with Crippen LogP contribution in [0.1, 0.15) is 16.3 Å². The summed E-state index contributed by atoms with van der Waals surface area (Å²) in [6.45, 7) is 1.81. The number of carbonyl (C=O) groups excluding carboxylic acids is 1. The lowest BCUT2D eigenvalue weighted by Gasteiger charge is -1.99. The molecular weight excluding hydrogens is 341 g/mol. The highest BCUT2D eigenvalue weighted by Gasteiger charge is 2.05. The Labute approximate surface area is 119 Å². The number of nitrogens with one attached hydrogen (secondary N) is 1. The van der Waals surface area contributed by atoms with Crippen LogP contribution < -0.4 is 5.32 Å². The number of rotatable bonds is 4. The van der Waals surface area contributed by atoms with E-state index in [-0.39, 0.29) is 5.78 Å². The topological polar surface area (TPSA) is 42.2 Å². The Morgan fingerprint density at radius 3 is 2.56 bits per heavy atom. The van der Waals surface area contributed by atoms with Crippen LogP contribution in [-0.4, -0.2) is 5.78 Å². The summed E-state index contributed by atoms with van der Waals surface area (Å²) in [5, 5.41) is 3.03. The lowest BCUT2D eigenvalue weighted by Crippen LogP contribution is -1.94. The van der Waals surface area contributed by atoms with Gasteiger partial charge in [-0.2, -0.15) is 0 Å². The first-order chi connectivity index (χ1) is 8.65. The van der Waals surface area contributed by atoms with E-state index in [0.29, 0.717) is 5.76 Å². The van der Waals surface area contributed by atoms with Crippen molar-refractivity contribution < 1.29 is 9.21 Å². The fourth-order valence-corrected chi connectivity index (χ4v) is 1.77. The molecule has 1 heterocycles. The number of benzene rings is 1. The molecule has 4 heteroatoms. The third kappa shape index (κ3) is 3.46. The molecule has 0 aliphatic heterocycles. The normalized spacial score (nSPS) is 10.8. The van der Waals surface area contributed by atoms with Gasteiger partial charge in [-0.3, -0.25) is 4.79 Å². The van der Waals surface area contributed by atoms with E-state index in [4.69, 9.17) is 4.42 Å². The maximum Gasteiger partial charge on any atom is 0.222 e. The number of carbonyl (C=O) groups is 1. The highest BCUT2D eigenvalue weighted by molar-refractivity contribution is 14.1. The molecule has 0 radical (unpaired) electrons. The van der Waals surface area contributed by atoms with Crippen LogP contribution in [0.4, 0.5) is 5.69 Å². The van der Waals surface area contributed by atoms with E-state index in [2.05, 4.69) is 27.9 Å². The second-order valence-corrected chi connectivity index (χ2v) is 5.00. The molecule has 92 valence electrons. The Balaban J connectivity index is 1.95. The van der Waals surface area contributed by atoms with Gasteiger partial charge in [0.25, 0.3) is 0 Å². The molecule has 1 aromatic carbocycles. The van der Waals surface area contributed by atoms with Crippen molar-refractivity contribution in [2.45, 2.75) is 6.92 Å². The van der Waals surface area contributed by atoms with E-state index >= 15 is 0 Å². The third-order valence-electron chi connectivity index (χ3n) is 2.31. The molecule has 0 spiro atoms. The van der Waals surface area contributed by atoms with Gasteiger partial charge in [0.2, 0.25) is 5.78 Å². The molecule has 0 saturated carbocycles. The molecular formula is C14H12INO2. The number of furan rings is 1. The molecule has 0 unspecified atom stereocenters. The van der Waals surface area contributed by atoms with Crippen LogP contribution in [0.2, 0.25) is 0 Å². The Morgan fingerprint density at radius 2 is 1.94 bits per heavy atom. The minimum Gasteiger partial charge on any atom is -0.458 e. The predicted octanol–water partition coefficient (Wildman–Crippen LogP) is 4.00. The predicted molar refractivity (Wildman–Crippen MR) is 79.7 cm³/mol. The maximum absolute atomic E-state index is 11.7. The molecule has 0 aliphatic rings. The van der Waals surface area contributed by atoms with Crippen molar-refractivity contribution in [3.05, 3.63) is 63.8 Å². The number of hydrogen-bond acceptors (Lipinski definition) is 3. The van der Waals surface area contributed by atoms with E-state index in [0.717, 1.165) is 11.4 Å². The summed E-state index contributed by atoms with van der Waals surface area (Å²) in [4.78, 5) is 11.7. The molecule has 3 nitrogen and oxygen atoms in total. The summed E-state index contributed by atoms with van der Waals surface area (Å²) in [5.41, 5.74) is 0.940.